The van der Waals surface area contributed by atoms with E-state index in [1.165, 1.54) is 10.9 Å². The molecule has 172 valence electrons. The van der Waals surface area contributed by atoms with Gasteiger partial charge in [-0.1, -0.05) is 32.4 Å². The average Bonchev–Trinajstić information content (AvgIpc) is 2.96. The lowest BCUT2D eigenvalue weighted by molar-refractivity contribution is -0.211. The Labute approximate surface area is 180 Å². The molecule has 0 aliphatic carbocycles. The van der Waals surface area contributed by atoms with Gasteiger partial charge in [0, 0.05) is 30.9 Å². The van der Waals surface area contributed by atoms with Crippen molar-refractivity contribution in [1.29, 1.82) is 0 Å². The van der Waals surface area contributed by atoms with E-state index in [9.17, 15) is 22.0 Å². The Morgan fingerprint density at radius 2 is 1.81 bits per heavy atom. The molecule has 0 aliphatic rings. The first-order valence-corrected chi connectivity index (χ1v) is 9.45. The highest BCUT2D eigenvalue weighted by Gasteiger charge is 2.47. The Morgan fingerprint density at radius 1 is 1.23 bits per heavy atom. The van der Waals surface area contributed by atoms with E-state index in [4.69, 9.17) is 21.2 Å². The second-order valence-electron chi connectivity index (χ2n) is 6.97. The summed E-state index contributed by atoms with van der Waals surface area (Å²) in [7, 11) is 0. The fourth-order valence-corrected chi connectivity index (χ4v) is 3.07. The second kappa shape index (κ2) is 10.7. The van der Waals surface area contributed by atoms with Gasteiger partial charge in [0.25, 0.3) is 0 Å². The van der Waals surface area contributed by atoms with E-state index in [0.29, 0.717) is 24.4 Å². The zero-order valence-electron chi connectivity index (χ0n) is 17.2. The molecule has 12 heteroatoms. The van der Waals surface area contributed by atoms with E-state index >= 15 is 0 Å². The molecule has 2 rings (SSSR count). The van der Waals surface area contributed by atoms with Gasteiger partial charge in [-0.2, -0.15) is 36.6 Å². The largest absolute Gasteiger partial charge is 0.434 e. The number of pyridine rings is 1. The summed E-state index contributed by atoms with van der Waals surface area (Å²) in [6.07, 6.45) is -2.99. The van der Waals surface area contributed by atoms with E-state index in [1.54, 1.807) is 6.92 Å². The van der Waals surface area contributed by atoms with Crippen LogP contribution in [0.1, 0.15) is 39.1 Å². The predicted octanol–water partition coefficient (Wildman–Crippen LogP) is 5.33. The van der Waals surface area contributed by atoms with Crippen molar-refractivity contribution >= 4 is 17.8 Å². The van der Waals surface area contributed by atoms with Crippen LogP contribution in [-0.4, -0.2) is 33.7 Å². The maximum absolute atomic E-state index is 13.2. The molecule has 0 saturated carbocycles. The average molecular weight is 470 g/mol. The van der Waals surface area contributed by atoms with Gasteiger partial charge in [0.1, 0.15) is 5.75 Å². The zero-order chi connectivity index (χ0) is 24.0. The van der Waals surface area contributed by atoms with Crippen molar-refractivity contribution in [2.75, 3.05) is 0 Å². The van der Waals surface area contributed by atoms with Crippen LogP contribution < -0.4 is 4.74 Å². The van der Waals surface area contributed by atoms with Gasteiger partial charge in [-0.05, 0) is 13.3 Å². The summed E-state index contributed by atoms with van der Waals surface area (Å²) in [5.41, 5.74) is -1.04. The van der Waals surface area contributed by atoms with Gasteiger partial charge >= 0.3 is 18.9 Å². The van der Waals surface area contributed by atoms with Gasteiger partial charge in [0.15, 0.2) is 0 Å². The molecule has 2 aromatic rings. The van der Waals surface area contributed by atoms with E-state index in [0.717, 1.165) is 19.9 Å². The van der Waals surface area contributed by atoms with Crippen LogP contribution in [0, 0.1) is 5.41 Å². The molecule has 0 unspecified atom stereocenters. The number of ether oxygens (including phenoxy) is 1. The van der Waals surface area contributed by atoms with Crippen LogP contribution >= 0.6 is 11.6 Å². The van der Waals surface area contributed by atoms with Crippen LogP contribution in [0.25, 0.3) is 11.3 Å². The molecule has 0 radical (unpaired) electrons. The Bertz CT molecular complexity index is 923. The minimum Gasteiger partial charge on any atom is -0.434 e. The number of hydrogen-bond donors (Lipinski definition) is 0. The molecule has 0 N–H and O–H groups in total. The molecule has 0 aromatic carbocycles. The summed E-state index contributed by atoms with van der Waals surface area (Å²) in [6, 6.07) is 1.10. The molecule has 0 amide bonds. The smallest absolute Gasteiger partial charge is 0.394 e. The lowest BCUT2D eigenvalue weighted by Crippen LogP contribution is -2.34. The van der Waals surface area contributed by atoms with Crippen molar-refractivity contribution in [3.63, 3.8) is 0 Å². The van der Waals surface area contributed by atoms with Gasteiger partial charge in [0.05, 0.1) is 27.4 Å². The molecule has 2 heterocycles. The lowest BCUT2D eigenvalue weighted by atomic mass is 9.86. The molecule has 0 bridgehead atoms. The van der Waals surface area contributed by atoms with Crippen molar-refractivity contribution in [1.82, 2.24) is 14.8 Å². The summed E-state index contributed by atoms with van der Waals surface area (Å²) in [4.78, 5) is 20.3. The first-order chi connectivity index (χ1) is 14.3. The molecule has 0 spiro atoms. The predicted molar refractivity (Wildman–Crippen MR) is 101 cm³/mol. The van der Waals surface area contributed by atoms with Gasteiger partial charge in [-0.15, -0.1) is 0 Å². The molecule has 0 saturated heterocycles. The van der Waals surface area contributed by atoms with Crippen LogP contribution in [0.15, 0.2) is 12.3 Å². The normalized spacial score (nSPS) is 11.7. The summed E-state index contributed by atoms with van der Waals surface area (Å²) >= 11 is 6.35. The third kappa shape index (κ3) is 6.48. The molecule has 31 heavy (non-hydrogen) atoms. The Kier molecular flexibility index (Phi) is 9.13. The molecule has 0 atom stereocenters. The highest BCUT2D eigenvalue weighted by atomic mass is 35.5. The highest BCUT2D eigenvalue weighted by Crippen LogP contribution is 2.42. The van der Waals surface area contributed by atoms with E-state index in [1.807, 2.05) is 6.92 Å². The second-order valence-corrected chi connectivity index (χ2v) is 7.35. The highest BCUT2D eigenvalue weighted by molar-refractivity contribution is 6.33. The molecular formula is C19H21ClF5N3O3. The van der Waals surface area contributed by atoms with Gasteiger partial charge in [-0.25, -0.2) is 0 Å². The SMILES string of the molecule is CCc1nn(CC)c(-c2cnc(CC(C)(C)C(F)(F)F)cc2OC(F)F)c1Cl.O=C=O. The topological polar surface area (TPSA) is 74.1 Å². The number of alkyl halides is 5. The minimum absolute atomic E-state index is 0.0175. The molecule has 0 fully saturated rings. The van der Waals surface area contributed by atoms with E-state index < -0.39 is 24.6 Å². The number of aromatic nitrogens is 3. The number of aryl methyl sites for hydroxylation is 2. The summed E-state index contributed by atoms with van der Waals surface area (Å²) in [6.45, 7) is 2.93. The van der Waals surface area contributed by atoms with Crippen LogP contribution in [0.4, 0.5) is 22.0 Å². The standard InChI is InChI=1S/C18H21ClF5N3O.CO2/c1-5-12-14(19)15(27(6-2)26-12)11-9-25-10(7-13(11)28-16(20)21)8-17(3,4)18(22,23)24;2-1-3/h7,9,16H,5-6,8H2,1-4H3;. The van der Waals surface area contributed by atoms with Crippen molar-refractivity contribution in [2.45, 2.75) is 59.9 Å². The summed E-state index contributed by atoms with van der Waals surface area (Å²) in [5.74, 6) is -0.294. The number of nitrogens with zero attached hydrogens (tertiary/aromatic N) is 3. The maximum atomic E-state index is 13.2. The lowest BCUT2D eigenvalue weighted by Gasteiger charge is -2.27. The first-order valence-electron chi connectivity index (χ1n) is 9.08. The monoisotopic (exact) mass is 469 g/mol. The zero-order valence-corrected chi connectivity index (χ0v) is 17.9. The minimum atomic E-state index is -4.47. The van der Waals surface area contributed by atoms with Gasteiger partial charge in [-0.3, -0.25) is 9.67 Å². The van der Waals surface area contributed by atoms with Crippen molar-refractivity contribution in [3.8, 4) is 17.0 Å². The fourth-order valence-electron chi connectivity index (χ4n) is 2.70. The molecular weight excluding hydrogens is 449 g/mol. The molecule has 6 nitrogen and oxygen atoms in total. The van der Waals surface area contributed by atoms with Crippen LogP contribution in [0.2, 0.25) is 5.02 Å². The van der Waals surface area contributed by atoms with Crippen molar-refractivity contribution in [3.05, 3.63) is 28.7 Å². The van der Waals surface area contributed by atoms with Crippen LogP contribution in [0.3, 0.4) is 0 Å². The van der Waals surface area contributed by atoms with Gasteiger partial charge in [0.2, 0.25) is 0 Å². The number of carbonyl (C=O) groups excluding carboxylic acids is 2. The number of halogens is 6. The Morgan fingerprint density at radius 3 is 2.26 bits per heavy atom. The quantitative estimate of drug-likeness (QED) is 0.512. The third-order valence-electron chi connectivity index (χ3n) is 4.38. The molecule has 0 aliphatic heterocycles. The number of hydrogen-bond acceptors (Lipinski definition) is 5. The number of rotatable bonds is 7. The van der Waals surface area contributed by atoms with Crippen molar-refractivity contribution in [2.24, 2.45) is 5.41 Å². The van der Waals surface area contributed by atoms with E-state index in [2.05, 4.69) is 14.8 Å². The molecule has 2 aromatic heterocycles. The maximum Gasteiger partial charge on any atom is 0.394 e. The Hall–Kier alpha value is -2.52. The summed E-state index contributed by atoms with van der Waals surface area (Å²) in [5, 5.41) is 4.59. The Balaban J connectivity index is 0.00000151. The van der Waals surface area contributed by atoms with Gasteiger partial charge < -0.3 is 4.74 Å². The first kappa shape index (κ1) is 26.5. The van der Waals surface area contributed by atoms with Crippen molar-refractivity contribution < 1.29 is 36.3 Å². The third-order valence-corrected chi connectivity index (χ3v) is 4.78. The van der Waals surface area contributed by atoms with Crippen LogP contribution in [0.5, 0.6) is 5.75 Å². The van der Waals surface area contributed by atoms with Crippen LogP contribution in [-0.2, 0) is 29.0 Å². The van der Waals surface area contributed by atoms with E-state index in [-0.39, 0.29) is 28.2 Å². The fraction of sp³-hybridized carbons (Fsp3) is 0.526. The summed E-state index contributed by atoms with van der Waals surface area (Å²) < 4.78 is 71.5.